The quantitative estimate of drug-likeness (QED) is 0.322. The number of hydrogen-bond acceptors (Lipinski definition) is 7. The van der Waals surface area contributed by atoms with E-state index >= 15 is 0 Å². The Labute approximate surface area is 173 Å². The summed E-state index contributed by atoms with van der Waals surface area (Å²) >= 11 is 0. The molecule has 0 saturated heterocycles. The van der Waals surface area contributed by atoms with Crippen LogP contribution in [0, 0.1) is 10.1 Å². The molecule has 0 aliphatic carbocycles. The van der Waals surface area contributed by atoms with Gasteiger partial charge in [0.05, 0.1) is 34.5 Å². The van der Waals surface area contributed by atoms with E-state index in [1.54, 1.807) is 18.2 Å². The molecule has 30 heavy (non-hydrogen) atoms. The zero-order valence-electron chi connectivity index (χ0n) is 16.1. The van der Waals surface area contributed by atoms with Crippen LogP contribution in [0.5, 0.6) is 5.75 Å². The van der Waals surface area contributed by atoms with Gasteiger partial charge in [-0.1, -0.05) is 12.1 Å². The smallest absolute Gasteiger partial charge is 0.295 e. The zero-order valence-corrected chi connectivity index (χ0v) is 17.0. The van der Waals surface area contributed by atoms with Crippen molar-refractivity contribution in [1.82, 2.24) is 4.57 Å². The van der Waals surface area contributed by atoms with Crippen LogP contribution in [-0.4, -0.2) is 31.2 Å². The Balaban J connectivity index is 1.87. The number of nitro benzene ring substituents is 1. The minimum absolute atomic E-state index is 0.0571. The lowest BCUT2D eigenvalue weighted by Gasteiger charge is -2.12. The number of rotatable bonds is 8. The molecule has 0 amide bonds. The molecule has 0 saturated carbocycles. The van der Waals surface area contributed by atoms with Crippen molar-refractivity contribution in [2.24, 2.45) is 12.1 Å². The summed E-state index contributed by atoms with van der Waals surface area (Å²) in [5.41, 5.74) is 3.22. The summed E-state index contributed by atoms with van der Waals surface area (Å²) in [7, 11) is -0.842. The summed E-state index contributed by atoms with van der Waals surface area (Å²) in [6.45, 7) is 0. The molecule has 0 aliphatic heterocycles. The fourth-order valence-corrected chi connectivity index (χ4v) is 3.72. The van der Waals surface area contributed by atoms with Gasteiger partial charge in [-0.2, -0.15) is 5.10 Å². The maximum absolute atomic E-state index is 12.7. The SMILES string of the molecule is COc1ccccc1NS(=O)(=O)c1ccc(N/N=C/c2cccn2C)c([N+](=O)[O-])c1. The molecule has 0 fully saturated rings. The number of nitrogens with one attached hydrogen (secondary N) is 2. The standard InChI is InChI=1S/C19H19N5O5S/c1-23-11-5-6-14(23)13-20-21-16-10-9-15(12-18(16)24(25)26)30(27,28)22-17-7-3-4-8-19(17)29-2/h3-13,21-22H,1-2H3/b20-13+. The van der Waals surface area contributed by atoms with Gasteiger partial charge in [-0.05, 0) is 36.4 Å². The van der Waals surface area contributed by atoms with Crippen molar-refractivity contribution in [3.05, 3.63) is 76.6 Å². The van der Waals surface area contributed by atoms with E-state index in [9.17, 15) is 18.5 Å². The second-order valence-electron chi connectivity index (χ2n) is 6.16. The number of sulfonamides is 1. The first kappa shape index (κ1) is 20.9. The van der Waals surface area contributed by atoms with Gasteiger partial charge in [0.25, 0.3) is 15.7 Å². The number of methoxy groups -OCH3 is 1. The number of ether oxygens (including phenoxy) is 1. The highest BCUT2D eigenvalue weighted by Crippen LogP contribution is 2.30. The van der Waals surface area contributed by atoms with Gasteiger partial charge in [0, 0.05) is 19.3 Å². The average Bonchev–Trinajstić information content (AvgIpc) is 3.13. The molecular weight excluding hydrogens is 410 g/mol. The highest BCUT2D eigenvalue weighted by Gasteiger charge is 2.22. The van der Waals surface area contributed by atoms with E-state index < -0.39 is 20.6 Å². The first-order valence-corrected chi connectivity index (χ1v) is 10.1. The molecule has 2 N–H and O–H groups in total. The summed E-state index contributed by atoms with van der Waals surface area (Å²) in [6.07, 6.45) is 3.33. The van der Waals surface area contributed by atoms with Gasteiger partial charge >= 0.3 is 0 Å². The molecule has 1 heterocycles. The first-order chi connectivity index (χ1) is 14.3. The maximum Gasteiger partial charge on any atom is 0.295 e. The van der Waals surface area contributed by atoms with Gasteiger partial charge in [0.2, 0.25) is 0 Å². The van der Waals surface area contributed by atoms with Gasteiger partial charge in [0.1, 0.15) is 11.4 Å². The van der Waals surface area contributed by atoms with E-state index in [0.29, 0.717) is 5.75 Å². The molecule has 11 heteroatoms. The summed E-state index contributed by atoms with van der Waals surface area (Å²) in [5, 5.41) is 15.5. The number of nitrogens with zero attached hydrogens (tertiary/aromatic N) is 3. The van der Waals surface area contributed by atoms with Crippen molar-refractivity contribution in [3.63, 3.8) is 0 Å². The minimum atomic E-state index is -4.08. The van der Waals surface area contributed by atoms with E-state index in [0.717, 1.165) is 11.8 Å². The van der Waals surface area contributed by atoms with Crippen LogP contribution in [0.15, 0.2) is 70.8 Å². The molecule has 0 unspecified atom stereocenters. The normalized spacial score (nSPS) is 11.4. The van der Waals surface area contributed by atoms with Crippen molar-refractivity contribution >= 4 is 33.3 Å². The van der Waals surface area contributed by atoms with Crippen LogP contribution < -0.4 is 14.9 Å². The number of aryl methyl sites for hydroxylation is 1. The number of nitro groups is 1. The molecule has 2 aromatic carbocycles. The van der Waals surface area contributed by atoms with Crippen molar-refractivity contribution in [2.45, 2.75) is 4.90 Å². The molecule has 10 nitrogen and oxygen atoms in total. The number of para-hydroxylation sites is 2. The number of hydrazone groups is 1. The van der Waals surface area contributed by atoms with Crippen LogP contribution >= 0.6 is 0 Å². The Morgan fingerprint density at radius 2 is 1.90 bits per heavy atom. The second kappa shape index (κ2) is 8.66. The molecule has 0 aliphatic rings. The molecule has 156 valence electrons. The Bertz CT molecular complexity index is 1200. The minimum Gasteiger partial charge on any atom is -0.495 e. The topological polar surface area (TPSA) is 128 Å². The van der Waals surface area contributed by atoms with Crippen molar-refractivity contribution in [3.8, 4) is 5.75 Å². The average molecular weight is 429 g/mol. The van der Waals surface area contributed by atoms with Crippen molar-refractivity contribution in [2.75, 3.05) is 17.3 Å². The molecule has 0 bridgehead atoms. The summed E-state index contributed by atoms with van der Waals surface area (Å²) < 4.78 is 34.8. The van der Waals surface area contributed by atoms with Crippen LogP contribution in [-0.2, 0) is 17.1 Å². The molecular formula is C19H19N5O5S. The predicted octanol–water partition coefficient (Wildman–Crippen LogP) is 3.19. The Hall–Kier alpha value is -3.86. The Morgan fingerprint density at radius 1 is 1.13 bits per heavy atom. The Morgan fingerprint density at radius 3 is 2.57 bits per heavy atom. The molecule has 3 aromatic rings. The fraction of sp³-hybridized carbons (Fsp3) is 0.105. The van der Waals surface area contributed by atoms with E-state index in [4.69, 9.17) is 4.74 Å². The van der Waals surface area contributed by atoms with Crippen LogP contribution in [0.25, 0.3) is 0 Å². The van der Waals surface area contributed by atoms with Gasteiger partial charge in [-0.3, -0.25) is 20.3 Å². The monoisotopic (exact) mass is 429 g/mol. The highest BCUT2D eigenvalue weighted by molar-refractivity contribution is 7.92. The summed E-state index contributed by atoms with van der Waals surface area (Å²) in [4.78, 5) is 10.5. The second-order valence-corrected chi connectivity index (χ2v) is 7.84. The predicted molar refractivity (Wildman–Crippen MR) is 114 cm³/mol. The van der Waals surface area contributed by atoms with Gasteiger partial charge in [-0.15, -0.1) is 0 Å². The largest absolute Gasteiger partial charge is 0.495 e. The lowest BCUT2D eigenvalue weighted by Crippen LogP contribution is -2.14. The molecule has 0 radical (unpaired) electrons. The Kier molecular flexibility index (Phi) is 6.02. The highest BCUT2D eigenvalue weighted by atomic mass is 32.2. The molecule has 3 rings (SSSR count). The number of hydrogen-bond donors (Lipinski definition) is 2. The van der Waals surface area contributed by atoms with Crippen LogP contribution in [0.3, 0.4) is 0 Å². The fourth-order valence-electron chi connectivity index (χ4n) is 2.63. The van der Waals surface area contributed by atoms with Crippen LogP contribution in [0.2, 0.25) is 0 Å². The van der Waals surface area contributed by atoms with E-state index in [-0.39, 0.29) is 16.3 Å². The third-order valence-corrected chi connectivity index (χ3v) is 5.56. The van der Waals surface area contributed by atoms with Gasteiger partial charge in [-0.25, -0.2) is 8.42 Å². The molecule has 1 aromatic heterocycles. The number of aromatic nitrogens is 1. The van der Waals surface area contributed by atoms with E-state index in [1.165, 1.54) is 31.5 Å². The number of anilines is 2. The van der Waals surface area contributed by atoms with Crippen molar-refractivity contribution < 1.29 is 18.1 Å². The van der Waals surface area contributed by atoms with Gasteiger partial charge < -0.3 is 9.30 Å². The number of benzene rings is 2. The van der Waals surface area contributed by atoms with Crippen LogP contribution in [0.1, 0.15) is 5.69 Å². The lowest BCUT2D eigenvalue weighted by molar-refractivity contribution is -0.384. The third-order valence-electron chi connectivity index (χ3n) is 4.19. The van der Waals surface area contributed by atoms with E-state index in [1.807, 2.05) is 29.9 Å². The summed E-state index contributed by atoms with van der Waals surface area (Å²) in [5.74, 6) is 0.323. The third kappa shape index (κ3) is 4.58. The summed E-state index contributed by atoms with van der Waals surface area (Å²) in [6, 6.07) is 13.6. The van der Waals surface area contributed by atoms with Gasteiger partial charge in [0.15, 0.2) is 0 Å². The molecule has 0 atom stereocenters. The van der Waals surface area contributed by atoms with Crippen molar-refractivity contribution in [1.29, 1.82) is 0 Å². The lowest BCUT2D eigenvalue weighted by atomic mass is 10.3. The van der Waals surface area contributed by atoms with E-state index in [2.05, 4.69) is 15.2 Å². The zero-order chi connectivity index (χ0) is 21.7. The molecule has 0 spiro atoms. The first-order valence-electron chi connectivity index (χ1n) is 8.66. The maximum atomic E-state index is 12.7. The van der Waals surface area contributed by atoms with Crippen LogP contribution in [0.4, 0.5) is 17.1 Å².